The number of hydrogen-bond acceptors (Lipinski definition) is 3. The molecular weight excluding hydrogens is 304 g/mol. The molecule has 0 saturated carbocycles. The highest BCUT2D eigenvalue weighted by atomic mass is 35.5. The normalized spacial score (nSPS) is 10.6. The number of carbonyl (C=O) groups excluding carboxylic acids is 1. The van der Waals surface area contributed by atoms with E-state index in [1.807, 2.05) is 31.2 Å². The molecule has 0 heterocycles. The highest BCUT2D eigenvalue weighted by molar-refractivity contribution is 6.34. The fraction of sp³-hybridized carbons (Fsp3) is 0.0625. The second kappa shape index (κ2) is 6.87. The molecule has 0 fully saturated rings. The number of amides is 1. The average molecular weight is 317 g/mol. The molecule has 2 aromatic rings. The van der Waals surface area contributed by atoms with Crippen molar-refractivity contribution in [2.45, 2.75) is 6.92 Å². The highest BCUT2D eigenvalue weighted by Gasteiger charge is 2.10. The lowest BCUT2D eigenvalue weighted by molar-refractivity contribution is -0.384. The second-order valence-corrected chi connectivity index (χ2v) is 5.06. The van der Waals surface area contributed by atoms with E-state index in [1.54, 1.807) is 6.08 Å². The third-order valence-corrected chi connectivity index (χ3v) is 3.25. The molecule has 0 aliphatic rings. The van der Waals surface area contributed by atoms with Crippen LogP contribution in [0.2, 0.25) is 5.02 Å². The number of benzene rings is 2. The number of non-ortho nitro benzene ring substituents is 1. The van der Waals surface area contributed by atoms with Gasteiger partial charge < -0.3 is 5.32 Å². The number of carbonyl (C=O) groups is 1. The summed E-state index contributed by atoms with van der Waals surface area (Å²) >= 11 is 5.92. The van der Waals surface area contributed by atoms with Crippen LogP contribution in [-0.4, -0.2) is 10.8 Å². The smallest absolute Gasteiger partial charge is 0.271 e. The van der Waals surface area contributed by atoms with Gasteiger partial charge >= 0.3 is 0 Å². The van der Waals surface area contributed by atoms with Crippen molar-refractivity contribution >= 4 is 35.0 Å². The van der Waals surface area contributed by atoms with Crippen molar-refractivity contribution < 1.29 is 9.72 Å². The fourth-order valence-corrected chi connectivity index (χ4v) is 1.91. The Labute approximate surface area is 132 Å². The lowest BCUT2D eigenvalue weighted by Gasteiger charge is -2.04. The lowest BCUT2D eigenvalue weighted by atomic mass is 10.1. The average Bonchev–Trinajstić information content (AvgIpc) is 2.48. The minimum atomic E-state index is -0.547. The van der Waals surface area contributed by atoms with Gasteiger partial charge in [-0.05, 0) is 24.6 Å². The number of nitro groups is 1. The minimum Gasteiger partial charge on any atom is -0.321 e. The third kappa shape index (κ3) is 4.17. The molecule has 1 N–H and O–H groups in total. The summed E-state index contributed by atoms with van der Waals surface area (Å²) in [6, 6.07) is 11.5. The quantitative estimate of drug-likeness (QED) is 0.521. The number of anilines is 1. The molecule has 2 rings (SSSR count). The number of nitro benzene ring substituents is 1. The van der Waals surface area contributed by atoms with Crippen LogP contribution >= 0.6 is 11.6 Å². The Bertz CT molecular complexity index is 740. The summed E-state index contributed by atoms with van der Waals surface area (Å²) in [5.41, 5.74) is 2.08. The fourth-order valence-electron chi connectivity index (χ4n) is 1.75. The van der Waals surface area contributed by atoms with Crippen molar-refractivity contribution in [1.82, 2.24) is 0 Å². The van der Waals surface area contributed by atoms with E-state index >= 15 is 0 Å². The molecule has 0 atom stereocenters. The van der Waals surface area contributed by atoms with Gasteiger partial charge in [0.25, 0.3) is 5.69 Å². The summed E-state index contributed by atoms with van der Waals surface area (Å²) in [5.74, 6) is -0.414. The number of nitrogens with one attached hydrogen (secondary N) is 1. The summed E-state index contributed by atoms with van der Waals surface area (Å²) in [4.78, 5) is 22.0. The Morgan fingerprint density at radius 1 is 1.23 bits per heavy atom. The van der Waals surface area contributed by atoms with Crippen LogP contribution in [0.1, 0.15) is 11.1 Å². The Kier molecular flexibility index (Phi) is 4.91. The Balaban J connectivity index is 2.10. The van der Waals surface area contributed by atoms with Crippen LogP contribution in [0.25, 0.3) is 6.08 Å². The van der Waals surface area contributed by atoms with Gasteiger partial charge in [0.1, 0.15) is 0 Å². The zero-order chi connectivity index (χ0) is 16.1. The first-order valence-corrected chi connectivity index (χ1v) is 6.83. The summed E-state index contributed by atoms with van der Waals surface area (Å²) in [6.07, 6.45) is 3.00. The predicted molar refractivity (Wildman–Crippen MR) is 86.9 cm³/mol. The van der Waals surface area contributed by atoms with Crippen LogP contribution in [0.4, 0.5) is 11.4 Å². The van der Waals surface area contributed by atoms with E-state index in [2.05, 4.69) is 5.32 Å². The minimum absolute atomic E-state index is 0.137. The molecule has 1 amide bonds. The van der Waals surface area contributed by atoms with Gasteiger partial charge in [-0.3, -0.25) is 14.9 Å². The highest BCUT2D eigenvalue weighted by Crippen LogP contribution is 2.26. The molecule has 0 aliphatic carbocycles. The van der Waals surface area contributed by atoms with Gasteiger partial charge in [-0.25, -0.2) is 0 Å². The van der Waals surface area contributed by atoms with E-state index in [1.165, 1.54) is 24.3 Å². The maximum absolute atomic E-state index is 11.9. The number of nitrogens with zero attached hydrogens (tertiary/aromatic N) is 1. The number of rotatable bonds is 4. The molecule has 0 unspecified atom stereocenters. The van der Waals surface area contributed by atoms with Crippen LogP contribution < -0.4 is 5.32 Å². The maximum Gasteiger partial charge on any atom is 0.271 e. The Hall–Kier alpha value is -2.66. The zero-order valence-electron chi connectivity index (χ0n) is 11.7. The van der Waals surface area contributed by atoms with Crippen molar-refractivity contribution in [3.8, 4) is 0 Å². The van der Waals surface area contributed by atoms with E-state index in [9.17, 15) is 14.9 Å². The zero-order valence-corrected chi connectivity index (χ0v) is 12.5. The van der Waals surface area contributed by atoms with Crippen molar-refractivity contribution in [2.24, 2.45) is 0 Å². The molecule has 0 aromatic heterocycles. The van der Waals surface area contributed by atoms with E-state index in [0.717, 1.165) is 11.1 Å². The molecule has 6 heteroatoms. The molecule has 5 nitrogen and oxygen atoms in total. The van der Waals surface area contributed by atoms with Gasteiger partial charge in [0.2, 0.25) is 5.91 Å². The van der Waals surface area contributed by atoms with Gasteiger partial charge in [0.15, 0.2) is 0 Å². The lowest BCUT2D eigenvalue weighted by Crippen LogP contribution is -2.08. The molecule has 112 valence electrons. The first-order valence-electron chi connectivity index (χ1n) is 6.45. The third-order valence-electron chi connectivity index (χ3n) is 2.92. The van der Waals surface area contributed by atoms with Gasteiger partial charge in [0.05, 0.1) is 15.6 Å². The van der Waals surface area contributed by atoms with Crippen molar-refractivity contribution in [3.05, 3.63) is 74.8 Å². The Morgan fingerprint density at radius 3 is 2.55 bits per heavy atom. The second-order valence-electron chi connectivity index (χ2n) is 4.65. The summed E-state index contributed by atoms with van der Waals surface area (Å²) in [7, 11) is 0. The molecule has 0 saturated heterocycles. The van der Waals surface area contributed by atoms with Gasteiger partial charge in [-0.15, -0.1) is 0 Å². The van der Waals surface area contributed by atoms with Crippen molar-refractivity contribution in [3.63, 3.8) is 0 Å². The standard InChI is InChI=1S/C16H13ClN2O3/c1-11-2-4-12(5-3-11)6-9-16(20)18-15-10-13(19(21)22)7-8-14(15)17/h2-10H,1H3,(H,18,20)/b9-6+. The molecule has 22 heavy (non-hydrogen) atoms. The van der Waals surface area contributed by atoms with Gasteiger partial charge in [0, 0.05) is 18.2 Å². The monoisotopic (exact) mass is 316 g/mol. The van der Waals surface area contributed by atoms with E-state index < -0.39 is 10.8 Å². The number of halogens is 1. The maximum atomic E-state index is 11.9. The van der Waals surface area contributed by atoms with E-state index in [0.29, 0.717) is 0 Å². The van der Waals surface area contributed by atoms with Crippen LogP contribution in [-0.2, 0) is 4.79 Å². The molecule has 2 aromatic carbocycles. The topological polar surface area (TPSA) is 72.2 Å². The van der Waals surface area contributed by atoms with E-state index in [-0.39, 0.29) is 16.4 Å². The van der Waals surface area contributed by atoms with Gasteiger partial charge in [-0.1, -0.05) is 41.4 Å². The van der Waals surface area contributed by atoms with Crippen molar-refractivity contribution in [1.29, 1.82) is 0 Å². The van der Waals surface area contributed by atoms with Crippen LogP contribution in [0.15, 0.2) is 48.5 Å². The summed E-state index contributed by atoms with van der Waals surface area (Å²) in [6.45, 7) is 1.98. The molecule has 0 bridgehead atoms. The number of aryl methyl sites for hydroxylation is 1. The van der Waals surface area contributed by atoms with Gasteiger partial charge in [-0.2, -0.15) is 0 Å². The largest absolute Gasteiger partial charge is 0.321 e. The number of hydrogen-bond donors (Lipinski definition) is 1. The van der Waals surface area contributed by atoms with E-state index in [4.69, 9.17) is 11.6 Å². The van der Waals surface area contributed by atoms with Crippen LogP contribution in [0, 0.1) is 17.0 Å². The SMILES string of the molecule is Cc1ccc(/C=C/C(=O)Nc2cc([N+](=O)[O-])ccc2Cl)cc1. The molecular formula is C16H13ClN2O3. The van der Waals surface area contributed by atoms with Crippen LogP contribution in [0.5, 0.6) is 0 Å². The van der Waals surface area contributed by atoms with Crippen molar-refractivity contribution in [2.75, 3.05) is 5.32 Å². The first kappa shape index (κ1) is 15.7. The molecule has 0 radical (unpaired) electrons. The first-order chi connectivity index (χ1) is 10.5. The summed E-state index contributed by atoms with van der Waals surface area (Å²) < 4.78 is 0. The predicted octanol–water partition coefficient (Wildman–Crippen LogP) is 4.21. The molecule has 0 spiro atoms. The summed E-state index contributed by atoms with van der Waals surface area (Å²) in [5, 5.41) is 13.5. The molecule has 0 aliphatic heterocycles. The van der Waals surface area contributed by atoms with Crippen LogP contribution in [0.3, 0.4) is 0 Å². The Morgan fingerprint density at radius 2 is 1.91 bits per heavy atom.